The van der Waals surface area contributed by atoms with Crippen molar-refractivity contribution in [2.45, 2.75) is 52.6 Å². The Hall–Kier alpha value is -2.32. The molecule has 25 heavy (non-hydrogen) atoms. The largest absolute Gasteiger partial charge is 0.316 e. The summed E-state index contributed by atoms with van der Waals surface area (Å²) in [5.74, 6) is -1.31. The number of amides is 4. The van der Waals surface area contributed by atoms with Gasteiger partial charge in [0.05, 0.1) is 6.17 Å². The van der Waals surface area contributed by atoms with Gasteiger partial charge in [-0.15, -0.1) is 0 Å². The van der Waals surface area contributed by atoms with Gasteiger partial charge >= 0.3 is 0 Å². The molecule has 0 spiro atoms. The standard InChI is InChI=1S/C9H22N2.2C4H3NO2/c1-9(2,3)7-5-4-6-8(10)11;2*6-3-1-2-4(7)5-3/h8H,4-7,10-11H2,1-3H3;2*1-2H,(H,5,6,7). The highest BCUT2D eigenvalue weighted by molar-refractivity contribution is 6.13. The van der Waals surface area contributed by atoms with Crippen LogP contribution in [0.1, 0.15) is 46.5 Å². The number of hydrogen-bond donors (Lipinski definition) is 4. The minimum absolute atomic E-state index is 0.116. The number of unbranched alkanes of at least 4 members (excludes halogenated alkanes) is 1. The molecular weight excluding hydrogens is 324 g/mol. The van der Waals surface area contributed by atoms with Crippen LogP contribution in [0.25, 0.3) is 0 Å². The highest BCUT2D eigenvalue weighted by Gasteiger charge is 2.09. The van der Waals surface area contributed by atoms with E-state index in [1.807, 2.05) is 10.6 Å². The molecule has 4 amide bonds. The van der Waals surface area contributed by atoms with E-state index in [9.17, 15) is 19.2 Å². The fourth-order valence-corrected chi connectivity index (χ4v) is 1.75. The van der Waals surface area contributed by atoms with Crippen LogP contribution in [0.3, 0.4) is 0 Å². The van der Waals surface area contributed by atoms with Gasteiger partial charge in [-0.3, -0.25) is 29.8 Å². The Morgan fingerprint density at radius 1 is 0.800 bits per heavy atom. The van der Waals surface area contributed by atoms with E-state index in [2.05, 4.69) is 20.8 Å². The third-order valence-electron chi connectivity index (χ3n) is 2.98. The van der Waals surface area contributed by atoms with Gasteiger partial charge in [0.15, 0.2) is 0 Å². The number of imide groups is 2. The zero-order valence-electron chi connectivity index (χ0n) is 15.0. The van der Waals surface area contributed by atoms with E-state index < -0.39 is 0 Å². The summed E-state index contributed by atoms with van der Waals surface area (Å²) in [6.07, 6.45) is 9.30. The van der Waals surface area contributed by atoms with Crippen LogP contribution in [0.2, 0.25) is 0 Å². The lowest BCUT2D eigenvalue weighted by atomic mass is 9.89. The molecule has 0 aromatic heterocycles. The van der Waals surface area contributed by atoms with Crippen LogP contribution in [0.5, 0.6) is 0 Å². The van der Waals surface area contributed by atoms with E-state index in [-0.39, 0.29) is 29.8 Å². The molecular formula is C17H28N4O4. The molecule has 0 aromatic carbocycles. The number of nitrogens with two attached hydrogens (primary N) is 2. The molecule has 140 valence electrons. The van der Waals surface area contributed by atoms with E-state index in [1.165, 1.54) is 37.1 Å². The van der Waals surface area contributed by atoms with Gasteiger partial charge in [0.25, 0.3) is 23.6 Å². The average Bonchev–Trinajstić information content (AvgIpc) is 3.03. The van der Waals surface area contributed by atoms with Crippen molar-refractivity contribution in [1.82, 2.24) is 10.6 Å². The molecule has 0 radical (unpaired) electrons. The first-order valence-electron chi connectivity index (χ1n) is 8.07. The maximum atomic E-state index is 10.0. The highest BCUT2D eigenvalue weighted by atomic mass is 16.2. The van der Waals surface area contributed by atoms with E-state index in [0.29, 0.717) is 5.41 Å². The van der Waals surface area contributed by atoms with E-state index >= 15 is 0 Å². The van der Waals surface area contributed by atoms with Gasteiger partial charge in [-0.1, -0.05) is 33.6 Å². The second-order valence-electron chi connectivity index (χ2n) is 6.84. The smallest absolute Gasteiger partial charge is 0.250 e. The van der Waals surface area contributed by atoms with Gasteiger partial charge < -0.3 is 11.5 Å². The Morgan fingerprint density at radius 2 is 1.16 bits per heavy atom. The molecule has 0 saturated carbocycles. The molecule has 0 aliphatic carbocycles. The SMILES string of the molecule is CC(C)(C)CCCCC(N)N.O=C1C=CC(=O)N1.O=C1C=CC(=O)N1. The molecule has 2 rings (SSSR count). The van der Waals surface area contributed by atoms with Crippen molar-refractivity contribution in [3.8, 4) is 0 Å². The highest BCUT2D eigenvalue weighted by Crippen LogP contribution is 2.21. The summed E-state index contributed by atoms with van der Waals surface area (Å²) in [6, 6.07) is 0. The fourth-order valence-electron chi connectivity index (χ4n) is 1.75. The molecule has 8 heteroatoms. The van der Waals surface area contributed by atoms with E-state index in [4.69, 9.17) is 11.5 Å². The molecule has 0 fully saturated rings. The summed E-state index contributed by atoms with van der Waals surface area (Å²) in [4.78, 5) is 40.1. The van der Waals surface area contributed by atoms with Crippen LogP contribution in [-0.4, -0.2) is 29.8 Å². The van der Waals surface area contributed by atoms with Crippen molar-refractivity contribution in [1.29, 1.82) is 0 Å². The van der Waals surface area contributed by atoms with Crippen molar-refractivity contribution in [2.24, 2.45) is 16.9 Å². The third-order valence-corrected chi connectivity index (χ3v) is 2.98. The Labute approximate surface area is 148 Å². The Morgan fingerprint density at radius 3 is 1.36 bits per heavy atom. The number of hydrogen-bond acceptors (Lipinski definition) is 6. The van der Waals surface area contributed by atoms with Gasteiger partial charge in [-0.25, -0.2) is 0 Å². The van der Waals surface area contributed by atoms with Crippen molar-refractivity contribution >= 4 is 23.6 Å². The summed E-state index contributed by atoms with van der Waals surface area (Å²) in [6.45, 7) is 6.78. The first-order chi connectivity index (χ1) is 11.5. The maximum Gasteiger partial charge on any atom is 0.250 e. The quantitative estimate of drug-likeness (QED) is 0.324. The minimum atomic E-state index is -0.329. The number of rotatable bonds is 4. The van der Waals surface area contributed by atoms with Crippen molar-refractivity contribution in [3.63, 3.8) is 0 Å². The summed E-state index contributed by atoms with van der Waals surface area (Å²) in [5.41, 5.74) is 11.3. The van der Waals surface area contributed by atoms with Crippen LogP contribution in [0.4, 0.5) is 0 Å². The summed E-state index contributed by atoms with van der Waals surface area (Å²) >= 11 is 0. The monoisotopic (exact) mass is 352 g/mol. The van der Waals surface area contributed by atoms with E-state index in [0.717, 1.165) is 12.8 Å². The van der Waals surface area contributed by atoms with Gasteiger partial charge in [-0.2, -0.15) is 0 Å². The Balaban J connectivity index is 0.000000358. The molecule has 0 aromatic rings. The van der Waals surface area contributed by atoms with Gasteiger partial charge in [-0.05, 0) is 18.3 Å². The van der Waals surface area contributed by atoms with Crippen molar-refractivity contribution in [2.75, 3.05) is 0 Å². The van der Waals surface area contributed by atoms with Crippen LogP contribution in [0, 0.1) is 5.41 Å². The van der Waals surface area contributed by atoms with Gasteiger partial charge in [0.1, 0.15) is 0 Å². The predicted octanol–water partition coefficient (Wildman–Crippen LogP) is 0.234. The first kappa shape index (κ1) is 22.7. The lowest BCUT2D eigenvalue weighted by Crippen LogP contribution is -2.29. The van der Waals surface area contributed by atoms with Crippen LogP contribution in [-0.2, 0) is 19.2 Å². The molecule has 8 nitrogen and oxygen atoms in total. The lowest BCUT2D eigenvalue weighted by Gasteiger charge is -2.17. The molecule has 0 atom stereocenters. The van der Waals surface area contributed by atoms with E-state index in [1.54, 1.807) is 0 Å². The van der Waals surface area contributed by atoms with Crippen molar-refractivity contribution < 1.29 is 19.2 Å². The summed E-state index contributed by atoms with van der Waals surface area (Å²) in [7, 11) is 0. The molecule has 2 aliphatic rings. The third kappa shape index (κ3) is 15.0. The second-order valence-corrected chi connectivity index (χ2v) is 6.84. The topological polar surface area (TPSA) is 144 Å². The number of carbonyl (C=O) groups is 4. The Kier molecular flexibility index (Phi) is 10.2. The number of nitrogens with one attached hydrogen (secondary N) is 2. The molecule has 2 aliphatic heterocycles. The molecule has 6 N–H and O–H groups in total. The molecule has 0 saturated heterocycles. The normalized spacial score (nSPS) is 15.4. The summed E-state index contributed by atoms with van der Waals surface area (Å²) in [5, 5.41) is 4.06. The second kappa shape index (κ2) is 11.3. The molecule has 2 heterocycles. The van der Waals surface area contributed by atoms with Gasteiger partial charge in [0, 0.05) is 24.3 Å². The first-order valence-corrected chi connectivity index (χ1v) is 8.07. The average molecular weight is 352 g/mol. The van der Waals surface area contributed by atoms with Gasteiger partial charge in [0.2, 0.25) is 0 Å². The Bertz CT molecular complexity index is 477. The predicted molar refractivity (Wildman–Crippen MR) is 94.7 cm³/mol. The maximum absolute atomic E-state index is 10.0. The van der Waals surface area contributed by atoms with Crippen LogP contribution >= 0.6 is 0 Å². The zero-order chi connectivity index (χ0) is 19.5. The van der Waals surface area contributed by atoms with Crippen molar-refractivity contribution in [3.05, 3.63) is 24.3 Å². The fraction of sp³-hybridized carbons (Fsp3) is 0.529. The number of carbonyl (C=O) groups excluding carboxylic acids is 4. The molecule has 0 unspecified atom stereocenters. The lowest BCUT2D eigenvalue weighted by molar-refractivity contribution is -0.125. The zero-order valence-corrected chi connectivity index (χ0v) is 15.0. The summed E-state index contributed by atoms with van der Waals surface area (Å²) < 4.78 is 0. The van der Waals surface area contributed by atoms with Crippen LogP contribution < -0.4 is 22.1 Å². The minimum Gasteiger partial charge on any atom is -0.316 e. The molecule has 0 bridgehead atoms. The van der Waals surface area contributed by atoms with Crippen LogP contribution in [0.15, 0.2) is 24.3 Å².